The Morgan fingerprint density at radius 2 is 2.00 bits per heavy atom. The van der Waals surface area contributed by atoms with Crippen LogP contribution in [0.4, 0.5) is 0 Å². The van der Waals surface area contributed by atoms with Crippen molar-refractivity contribution in [2.75, 3.05) is 14.1 Å². The number of carbonyl (C=O) groups is 1. The van der Waals surface area contributed by atoms with Gasteiger partial charge in [0.25, 0.3) is 12.5 Å². The number of amides is 1. The lowest BCUT2D eigenvalue weighted by Gasteiger charge is -2.10. The van der Waals surface area contributed by atoms with Crippen LogP contribution in [0.3, 0.4) is 0 Å². The molecule has 20 heavy (non-hydrogen) atoms. The van der Waals surface area contributed by atoms with Gasteiger partial charge in [-0.1, -0.05) is 22.9 Å². The molecule has 2 rings (SSSR count). The van der Waals surface area contributed by atoms with E-state index < -0.39 is 17.2 Å². The summed E-state index contributed by atoms with van der Waals surface area (Å²) in [5.74, 6) is -0.391. The summed E-state index contributed by atoms with van der Waals surface area (Å²) in [6, 6.07) is 9.63. The van der Waals surface area contributed by atoms with Gasteiger partial charge in [0.1, 0.15) is 5.52 Å². The van der Waals surface area contributed by atoms with Crippen molar-refractivity contribution < 1.29 is 18.2 Å². The Bertz CT molecular complexity index is 618. The van der Waals surface area contributed by atoms with Crippen LogP contribution in [0.25, 0.3) is 10.9 Å². The Kier molecular flexibility index (Phi) is 6.16. The van der Waals surface area contributed by atoms with Crippen LogP contribution in [0.2, 0.25) is 0 Å². The summed E-state index contributed by atoms with van der Waals surface area (Å²) in [6.45, 7) is 0.116. The first kappa shape index (κ1) is 16.2. The number of hydrogen-bond donors (Lipinski definition) is 1. The fraction of sp³-hybridized carbons (Fsp3) is 0.250. The van der Waals surface area contributed by atoms with E-state index in [0.717, 1.165) is 15.2 Å². The number of carbonyl (C=O) groups excluding carboxylic acids is 1. The summed E-state index contributed by atoms with van der Waals surface area (Å²) in [4.78, 5) is 10.7. The maximum atomic E-state index is 10.7. The molecule has 1 heterocycles. The Hall–Kier alpha value is -1.90. The van der Waals surface area contributed by atoms with Gasteiger partial charge < -0.3 is 10.3 Å². The zero-order valence-electron chi connectivity index (χ0n) is 11.2. The van der Waals surface area contributed by atoms with Gasteiger partial charge in [0.15, 0.2) is 6.20 Å². The van der Waals surface area contributed by atoms with Crippen molar-refractivity contribution in [3.63, 3.8) is 0 Å². The van der Waals surface area contributed by atoms with Crippen LogP contribution in [-0.2, 0) is 22.6 Å². The van der Waals surface area contributed by atoms with Crippen LogP contribution in [0.15, 0.2) is 36.5 Å². The summed E-state index contributed by atoms with van der Waals surface area (Å²) < 4.78 is 21.9. The van der Waals surface area contributed by atoms with Gasteiger partial charge in [-0.3, -0.25) is 9.00 Å². The molecule has 0 radical (unpaired) electrons. The van der Waals surface area contributed by atoms with E-state index in [0.29, 0.717) is 0 Å². The predicted molar refractivity (Wildman–Crippen MR) is 73.7 cm³/mol. The Balaban J connectivity index is 0.000000286. The van der Waals surface area contributed by atoms with Crippen molar-refractivity contribution in [2.45, 2.75) is 6.54 Å². The standard InChI is InChI=1S/C10H9N3O.C2H7NO2S/c11-10(14)7-13-6-5-8-3-1-2-4-9(8)12-13;1-3(2)6(4)5/h1-6H,7H2,(H-,11,14);1-2H3,(H,4,5). The minimum atomic E-state index is -2.03. The SMILES string of the molecule is CN(C)S(=O)[O-].NC(=O)C[n+]1ccc2ccccc2n1. The molecule has 0 saturated carbocycles. The Morgan fingerprint density at radius 3 is 2.55 bits per heavy atom. The summed E-state index contributed by atoms with van der Waals surface area (Å²) in [5.41, 5.74) is 5.93. The number of hydrogen-bond acceptors (Lipinski definition) is 4. The highest BCUT2D eigenvalue weighted by Crippen LogP contribution is 2.06. The molecule has 1 atom stereocenters. The van der Waals surface area contributed by atoms with E-state index in [-0.39, 0.29) is 6.54 Å². The third-order valence-corrected chi connectivity index (χ3v) is 2.81. The maximum Gasteiger partial charge on any atom is 0.285 e. The first-order valence-electron chi connectivity index (χ1n) is 5.70. The van der Waals surface area contributed by atoms with Crippen LogP contribution in [0.1, 0.15) is 0 Å². The molecule has 2 N–H and O–H groups in total. The molecule has 7 nitrogen and oxygen atoms in total. The largest absolute Gasteiger partial charge is 0.760 e. The summed E-state index contributed by atoms with van der Waals surface area (Å²) >= 11 is -2.03. The molecule has 0 saturated heterocycles. The number of benzene rings is 1. The van der Waals surface area contributed by atoms with E-state index >= 15 is 0 Å². The van der Waals surface area contributed by atoms with E-state index in [1.165, 1.54) is 18.8 Å². The number of nitrogens with two attached hydrogens (primary N) is 1. The average Bonchev–Trinajstić information content (AvgIpc) is 2.38. The maximum absolute atomic E-state index is 10.7. The second kappa shape index (κ2) is 7.63. The number of aromatic nitrogens is 2. The van der Waals surface area contributed by atoms with Crippen molar-refractivity contribution in [3.8, 4) is 0 Å². The van der Waals surface area contributed by atoms with Crippen molar-refractivity contribution in [1.29, 1.82) is 0 Å². The monoisotopic (exact) mass is 296 g/mol. The highest BCUT2D eigenvalue weighted by Gasteiger charge is 2.07. The summed E-state index contributed by atoms with van der Waals surface area (Å²) in [6.07, 6.45) is 1.74. The minimum Gasteiger partial charge on any atom is -0.760 e. The molecule has 0 aliphatic carbocycles. The van der Waals surface area contributed by atoms with Crippen molar-refractivity contribution in [3.05, 3.63) is 36.5 Å². The quantitative estimate of drug-likeness (QED) is 0.600. The van der Waals surface area contributed by atoms with Crippen LogP contribution in [0.5, 0.6) is 0 Å². The van der Waals surface area contributed by atoms with E-state index in [1.54, 1.807) is 6.20 Å². The van der Waals surface area contributed by atoms with E-state index in [4.69, 9.17) is 5.73 Å². The molecule has 8 heteroatoms. The van der Waals surface area contributed by atoms with Gasteiger partial charge in [0, 0.05) is 27.8 Å². The lowest BCUT2D eigenvalue weighted by atomic mass is 10.2. The van der Waals surface area contributed by atoms with Crippen molar-refractivity contribution in [2.24, 2.45) is 5.73 Å². The zero-order chi connectivity index (χ0) is 15.1. The number of primary amides is 1. The average molecular weight is 296 g/mol. The number of rotatable bonds is 3. The molecule has 0 aliphatic rings. The molecule has 108 valence electrons. The van der Waals surface area contributed by atoms with E-state index in [2.05, 4.69) is 5.10 Å². The van der Waals surface area contributed by atoms with Gasteiger partial charge in [-0.15, -0.1) is 0 Å². The smallest absolute Gasteiger partial charge is 0.285 e. The van der Waals surface area contributed by atoms with Crippen LogP contribution in [-0.4, -0.2) is 38.2 Å². The molecule has 1 aromatic heterocycles. The molecule has 1 aromatic carbocycles. The first-order valence-corrected chi connectivity index (χ1v) is 6.74. The van der Waals surface area contributed by atoms with Gasteiger partial charge in [-0.05, 0) is 20.2 Å². The molecule has 2 aromatic rings. The van der Waals surface area contributed by atoms with Gasteiger partial charge >= 0.3 is 0 Å². The fourth-order valence-electron chi connectivity index (χ4n) is 1.31. The lowest BCUT2D eigenvalue weighted by molar-refractivity contribution is -0.740. The van der Waals surface area contributed by atoms with Gasteiger partial charge in [-0.25, -0.2) is 4.31 Å². The normalized spacial score (nSPS) is 11.8. The molecule has 0 aliphatic heterocycles. The topological polar surface area (TPSA) is 103 Å². The van der Waals surface area contributed by atoms with Crippen molar-refractivity contribution >= 4 is 28.1 Å². The van der Waals surface area contributed by atoms with Crippen LogP contribution < -0.4 is 10.4 Å². The van der Waals surface area contributed by atoms with Gasteiger partial charge in [0.2, 0.25) is 0 Å². The fourth-order valence-corrected chi connectivity index (χ4v) is 1.31. The third-order valence-electron chi connectivity index (χ3n) is 2.22. The molecule has 0 spiro atoms. The molecule has 1 unspecified atom stereocenters. The third kappa shape index (κ3) is 5.39. The molecule has 0 fully saturated rings. The van der Waals surface area contributed by atoms with Gasteiger partial charge in [-0.2, -0.15) is 0 Å². The molecular weight excluding hydrogens is 280 g/mol. The lowest BCUT2D eigenvalue weighted by Crippen LogP contribution is -2.43. The van der Waals surface area contributed by atoms with Crippen molar-refractivity contribution in [1.82, 2.24) is 9.40 Å². The first-order chi connectivity index (χ1) is 9.40. The second-order valence-electron chi connectivity index (χ2n) is 4.07. The van der Waals surface area contributed by atoms with E-state index in [1.807, 2.05) is 30.3 Å². The number of nitrogens with zero attached hydrogens (tertiary/aromatic N) is 3. The summed E-state index contributed by atoms with van der Waals surface area (Å²) in [5, 5.41) is 5.28. The Morgan fingerprint density at radius 1 is 1.40 bits per heavy atom. The highest BCUT2D eigenvalue weighted by atomic mass is 32.2. The predicted octanol–water partition coefficient (Wildman–Crippen LogP) is -0.650. The number of fused-ring (bicyclic) bond motifs is 1. The summed E-state index contributed by atoms with van der Waals surface area (Å²) in [7, 11) is 2.92. The molecular formula is C12H16N4O3S. The Labute approximate surface area is 119 Å². The van der Waals surface area contributed by atoms with Crippen LogP contribution in [0, 0.1) is 0 Å². The van der Waals surface area contributed by atoms with Gasteiger partial charge in [0.05, 0.1) is 0 Å². The highest BCUT2D eigenvalue weighted by molar-refractivity contribution is 7.76. The molecule has 1 amide bonds. The van der Waals surface area contributed by atoms with E-state index in [9.17, 15) is 13.6 Å². The zero-order valence-corrected chi connectivity index (χ0v) is 12.0. The molecule has 0 bridgehead atoms. The van der Waals surface area contributed by atoms with Crippen LogP contribution >= 0.6 is 0 Å². The second-order valence-corrected chi connectivity index (χ2v) is 5.23. The minimum absolute atomic E-state index is 0.116.